The summed E-state index contributed by atoms with van der Waals surface area (Å²) in [4.78, 5) is 12.2. The number of unbranched alkanes of at least 4 members (excludes halogenated alkanes) is 1. The quantitative estimate of drug-likeness (QED) is 0.771. The predicted octanol–water partition coefficient (Wildman–Crippen LogP) is 3.00. The molecule has 0 unspecified atom stereocenters. The Balaban J connectivity index is 3.16. The first-order chi connectivity index (χ1) is 9.60. The van der Waals surface area contributed by atoms with Crippen LogP contribution in [0.25, 0.3) is 0 Å². The maximum absolute atomic E-state index is 12.2. The van der Waals surface area contributed by atoms with Crippen molar-refractivity contribution >= 4 is 21.8 Å². The zero-order chi connectivity index (χ0) is 15.1. The van der Waals surface area contributed by atoms with Crippen molar-refractivity contribution in [3.8, 4) is 17.2 Å². The molecule has 5 nitrogen and oxygen atoms in total. The summed E-state index contributed by atoms with van der Waals surface area (Å²) in [5.41, 5.74) is 0.454. The Morgan fingerprint density at radius 1 is 1.20 bits per heavy atom. The van der Waals surface area contributed by atoms with Gasteiger partial charge in [-0.05, 0) is 28.4 Å². The van der Waals surface area contributed by atoms with Gasteiger partial charge in [0, 0.05) is 6.54 Å². The number of amides is 1. The van der Waals surface area contributed by atoms with Gasteiger partial charge in [0.1, 0.15) is 0 Å². The molecule has 1 N–H and O–H groups in total. The lowest BCUT2D eigenvalue weighted by atomic mass is 10.1. The Kier molecular flexibility index (Phi) is 6.64. The Hall–Kier alpha value is -1.43. The van der Waals surface area contributed by atoms with Crippen LogP contribution in [-0.4, -0.2) is 33.8 Å². The zero-order valence-electron chi connectivity index (χ0n) is 12.2. The Morgan fingerprint density at radius 3 is 2.35 bits per heavy atom. The average Bonchev–Trinajstić information content (AvgIpc) is 2.46. The summed E-state index contributed by atoms with van der Waals surface area (Å²) >= 11 is 3.38. The minimum Gasteiger partial charge on any atom is -0.493 e. The molecule has 1 rings (SSSR count). The van der Waals surface area contributed by atoms with Crippen molar-refractivity contribution in [2.45, 2.75) is 19.8 Å². The molecule has 0 aromatic heterocycles. The normalized spacial score (nSPS) is 10.1. The van der Waals surface area contributed by atoms with E-state index in [1.807, 2.05) is 0 Å². The van der Waals surface area contributed by atoms with Crippen LogP contribution in [0.4, 0.5) is 0 Å². The first-order valence-electron chi connectivity index (χ1n) is 6.37. The number of halogens is 1. The van der Waals surface area contributed by atoms with Gasteiger partial charge in [-0.3, -0.25) is 4.79 Å². The van der Waals surface area contributed by atoms with Crippen LogP contribution in [0.2, 0.25) is 0 Å². The van der Waals surface area contributed by atoms with E-state index in [1.165, 1.54) is 21.3 Å². The second-order valence-corrected chi connectivity index (χ2v) is 4.91. The number of nitrogens with one attached hydrogen (secondary N) is 1. The summed E-state index contributed by atoms with van der Waals surface area (Å²) in [7, 11) is 4.55. The van der Waals surface area contributed by atoms with Crippen LogP contribution >= 0.6 is 15.9 Å². The highest BCUT2D eigenvalue weighted by Crippen LogP contribution is 2.44. The van der Waals surface area contributed by atoms with E-state index < -0.39 is 0 Å². The van der Waals surface area contributed by atoms with Crippen LogP contribution in [-0.2, 0) is 0 Å². The number of carbonyl (C=O) groups excluding carboxylic acids is 1. The van der Waals surface area contributed by atoms with Gasteiger partial charge in [0.25, 0.3) is 5.91 Å². The van der Waals surface area contributed by atoms with Crippen LogP contribution in [0, 0.1) is 0 Å². The third kappa shape index (κ3) is 3.56. The van der Waals surface area contributed by atoms with Crippen molar-refractivity contribution in [1.29, 1.82) is 0 Å². The van der Waals surface area contributed by atoms with Gasteiger partial charge in [0.05, 0.1) is 31.4 Å². The molecule has 20 heavy (non-hydrogen) atoms. The molecule has 0 bridgehead atoms. The molecular formula is C14H20BrNO4. The summed E-state index contributed by atoms with van der Waals surface area (Å²) < 4.78 is 16.3. The van der Waals surface area contributed by atoms with Gasteiger partial charge in [-0.15, -0.1) is 0 Å². The standard InChI is InChI=1S/C14H20BrNO4/c1-5-6-7-16-14(17)9-8-10(18-2)12(19-3)13(20-4)11(9)15/h8H,5-7H2,1-4H3,(H,16,17). The fraction of sp³-hybridized carbons (Fsp3) is 0.500. The highest BCUT2D eigenvalue weighted by Gasteiger charge is 2.22. The first-order valence-corrected chi connectivity index (χ1v) is 7.16. The molecule has 1 aromatic rings. The largest absolute Gasteiger partial charge is 0.493 e. The Labute approximate surface area is 127 Å². The molecule has 0 aliphatic rings. The Bertz CT molecular complexity index is 477. The summed E-state index contributed by atoms with van der Waals surface area (Å²) in [5, 5.41) is 2.86. The van der Waals surface area contributed by atoms with Crippen molar-refractivity contribution in [2.24, 2.45) is 0 Å². The van der Waals surface area contributed by atoms with Gasteiger partial charge >= 0.3 is 0 Å². The summed E-state index contributed by atoms with van der Waals surface area (Å²) in [6.07, 6.45) is 1.96. The molecule has 6 heteroatoms. The lowest BCUT2D eigenvalue weighted by Gasteiger charge is -2.16. The number of hydrogen-bond donors (Lipinski definition) is 1. The number of carbonyl (C=O) groups is 1. The summed E-state index contributed by atoms with van der Waals surface area (Å²) in [5.74, 6) is 1.16. The first kappa shape index (κ1) is 16.6. The molecule has 0 saturated heterocycles. The fourth-order valence-corrected chi connectivity index (χ4v) is 2.40. The second-order valence-electron chi connectivity index (χ2n) is 4.12. The van der Waals surface area contributed by atoms with E-state index in [2.05, 4.69) is 28.2 Å². The summed E-state index contributed by atoms with van der Waals surface area (Å²) in [6, 6.07) is 1.63. The molecule has 0 fully saturated rings. The molecule has 0 atom stereocenters. The predicted molar refractivity (Wildman–Crippen MR) is 81.0 cm³/mol. The lowest BCUT2D eigenvalue weighted by molar-refractivity contribution is 0.0951. The minimum atomic E-state index is -0.176. The van der Waals surface area contributed by atoms with Crippen LogP contribution in [0.1, 0.15) is 30.1 Å². The van der Waals surface area contributed by atoms with Crippen LogP contribution in [0.5, 0.6) is 17.2 Å². The van der Waals surface area contributed by atoms with E-state index in [1.54, 1.807) is 6.07 Å². The van der Waals surface area contributed by atoms with Gasteiger partial charge in [-0.2, -0.15) is 0 Å². The number of hydrogen-bond acceptors (Lipinski definition) is 4. The van der Waals surface area contributed by atoms with Crippen LogP contribution in [0.3, 0.4) is 0 Å². The van der Waals surface area contributed by atoms with Crippen molar-refractivity contribution in [3.05, 3.63) is 16.1 Å². The van der Waals surface area contributed by atoms with Crippen LogP contribution in [0.15, 0.2) is 10.5 Å². The van der Waals surface area contributed by atoms with E-state index in [4.69, 9.17) is 14.2 Å². The number of rotatable bonds is 7. The molecule has 1 aromatic carbocycles. The summed E-state index contributed by atoms with van der Waals surface area (Å²) in [6.45, 7) is 2.71. The molecule has 0 saturated carbocycles. The third-order valence-electron chi connectivity index (χ3n) is 2.83. The number of ether oxygens (including phenoxy) is 3. The fourth-order valence-electron chi connectivity index (χ4n) is 1.76. The van der Waals surface area contributed by atoms with Gasteiger partial charge in [-0.25, -0.2) is 0 Å². The van der Waals surface area contributed by atoms with Crippen molar-refractivity contribution < 1.29 is 19.0 Å². The van der Waals surface area contributed by atoms with Crippen molar-refractivity contribution in [2.75, 3.05) is 27.9 Å². The molecule has 112 valence electrons. The van der Waals surface area contributed by atoms with E-state index >= 15 is 0 Å². The smallest absolute Gasteiger partial charge is 0.252 e. The number of methoxy groups -OCH3 is 3. The number of benzene rings is 1. The van der Waals surface area contributed by atoms with E-state index in [-0.39, 0.29) is 5.91 Å². The lowest BCUT2D eigenvalue weighted by Crippen LogP contribution is -2.25. The molecule has 0 spiro atoms. The average molecular weight is 346 g/mol. The van der Waals surface area contributed by atoms with Gasteiger partial charge in [-0.1, -0.05) is 13.3 Å². The van der Waals surface area contributed by atoms with E-state index in [0.717, 1.165) is 12.8 Å². The maximum Gasteiger partial charge on any atom is 0.252 e. The molecule has 0 heterocycles. The van der Waals surface area contributed by atoms with E-state index in [9.17, 15) is 4.79 Å². The molecule has 0 aliphatic carbocycles. The maximum atomic E-state index is 12.2. The van der Waals surface area contributed by atoms with Crippen LogP contribution < -0.4 is 19.5 Å². The van der Waals surface area contributed by atoms with Crippen molar-refractivity contribution in [3.63, 3.8) is 0 Å². The van der Waals surface area contributed by atoms with Gasteiger partial charge in [0.2, 0.25) is 5.75 Å². The van der Waals surface area contributed by atoms with Gasteiger partial charge in [0.15, 0.2) is 11.5 Å². The molecule has 0 aliphatic heterocycles. The zero-order valence-corrected chi connectivity index (χ0v) is 13.8. The monoisotopic (exact) mass is 345 g/mol. The Morgan fingerprint density at radius 2 is 1.85 bits per heavy atom. The molecular weight excluding hydrogens is 326 g/mol. The van der Waals surface area contributed by atoms with Crippen molar-refractivity contribution in [1.82, 2.24) is 5.32 Å². The topological polar surface area (TPSA) is 56.8 Å². The SMILES string of the molecule is CCCCNC(=O)c1cc(OC)c(OC)c(OC)c1Br. The molecule has 0 radical (unpaired) electrons. The highest BCUT2D eigenvalue weighted by molar-refractivity contribution is 9.10. The third-order valence-corrected chi connectivity index (χ3v) is 3.62. The highest BCUT2D eigenvalue weighted by atomic mass is 79.9. The van der Waals surface area contributed by atoms with Gasteiger partial charge < -0.3 is 19.5 Å². The molecule has 1 amide bonds. The minimum absolute atomic E-state index is 0.176. The van der Waals surface area contributed by atoms with E-state index in [0.29, 0.717) is 33.8 Å². The second kappa shape index (κ2) is 7.99.